The number of nitrogens with one attached hydrogen (secondary N) is 1. The van der Waals surface area contributed by atoms with E-state index in [1.54, 1.807) is 30.1 Å². The van der Waals surface area contributed by atoms with Crippen LogP contribution < -0.4 is 5.32 Å². The van der Waals surface area contributed by atoms with Crippen LogP contribution in [0.4, 0.5) is 4.39 Å². The van der Waals surface area contributed by atoms with Gasteiger partial charge >= 0.3 is 0 Å². The van der Waals surface area contributed by atoms with Crippen LogP contribution in [-0.4, -0.2) is 36.9 Å². The molecule has 0 aliphatic heterocycles. The molecule has 2 amide bonds. The van der Waals surface area contributed by atoms with Crippen molar-refractivity contribution in [3.8, 4) is 0 Å². The Morgan fingerprint density at radius 2 is 2.00 bits per heavy atom. The molecule has 1 aromatic rings. The molecular weight excluding hydrogens is 295 g/mol. The summed E-state index contributed by atoms with van der Waals surface area (Å²) in [6.45, 7) is 3.09. The normalized spacial score (nSPS) is 15.1. The maximum absolute atomic E-state index is 13.5. The number of amides is 2. The second-order valence-electron chi connectivity index (χ2n) is 6.26. The number of nitrogens with zero attached hydrogens (tertiary/aromatic N) is 1. The van der Waals surface area contributed by atoms with Crippen molar-refractivity contribution in [2.45, 2.75) is 39.0 Å². The molecule has 0 saturated heterocycles. The van der Waals surface area contributed by atoms with E-state index in [2.05, 4.69) is 12.2 Å². The predicted molar refractivity (Wildman–Crippen MR) is 87.3 cm³/mol. The van der Waals surface area contributed by atoms with Gasteiger partial charge in [0.1, 0.15) is 11.2 Å². The smallest absolute Gasteiger partial charge is 0.238 e. The van der Waals surface area contributed by atoms with E-state index in [4.69, 9.17) is 0 Å². The molecule has 0 bridgehead atoms. The first-order valence-electron chi connectivity index (χ1n) is 8.28. The zero-order valence-electron chi connectivity index (χ0n) is 13.9. The SMILES string of the molecule is CCCCN(C)C(=O)C1(C(=O)NCCc2ccccc2F)CC1. The largest absolute Gasteiger partial charge is 0.355 e. The molecule has 1 aliphatic carbocycles. The van der Waals surface area contributed by atoms with Crippen LogP contribution >= 0.6 is 0 Å². The average Bonchev–Trinajstić information content (AvgIpc) is 3.35. The molecule has 0 aromatic heterocycles. The highest BCUT2D eigenvalue weighted by atomic mass is 19.1. The van der Waals surface area contributed by atoms with E-state index in [9.17, 15) is 14.0 Å². The highest BCUT2D eigenvalue weighted by molar-refractivity contribution is 6.07. The Balaban J connectivity index is 1.85. The number of unbranched alkanes of at least 4 members (excludes halogenated alkanes) is 1. The standard InChI is InChI=1S/C18H25FN2O2/c1-3-4-13-21(2)17(23)18(10-11-18)16(22)20-12-9-14-7-5-6-8-15(14)19/h5-8H,3-4,9-13H2,1-2H3,(H,20,22). The van der Waals surface area contributed by atoms with Gasteiger partial charge in [-0.15, -0.1) is 0 Å². The zero-order chi connectivity index (χ0) is 16.9. The molecule has 0 spiro atoms. The first-order valence-corrected chi connectivity index (χ1v) is 8.28. The third-order valence-electron chi connectivity index (χ3n) is 4.43. The van der Waals surface area contributed by atoms with Crippen LogP contribution in [0.5, 0.6) is 0 Å². The van der Waals surface area contributed by atoms with Crippen molar-refractivity contribution in [3.63, 3.8) is 0 Å². The molecule has 2 rings (SSSR count). The number of rotatable bonds is 8. The quantitative estimate of drug-likeness (QED) is 0.748. The number of benzene rings is 1. The van der Waals surface area contributed by atoms with Gasteiger partial charge in [-0.25, -0.2) is 4.39 Å². The van der Waals surface area contributed by atoms with Gasteiger partial charge in [-0.1, -0.05) is 31.5 Å². The summed E-state index contributed by atoms with van der Waals surface area (Å²) < 4.78 is 13.5. The van der Waals surface area contributed by atoms with Crippen molar-refractivity contribution in [1.29, 1.82) is 0 Å². The lowest BCUT2D eigenvalue weighted by atomic mass is 10.0. The Kier molecular flexibility index (Phi) is 5.74. The fourth-order valence-electron chi connectivity index (χ4n) is 2.71. The highest BCUT2D eigenvalue weighted by Gasteiger charge is 2.57. The number of hydrogen-bond donors (Lipinski definition) is 1. The zero-order valence-corrected chi connectivity index (χ0v) is 13.9. The molecular formula is C18H25FN2O2. The molecule has 0 unspecified atom stereocenters. The molecule has 1 aliphatic rings. The molecule has 126 valence electrons. The van der Waals surface area contributed by atoms with Gasteiger partial charge in [-0.2, -0.15) is 0 Å². The summed E-state index contributed by atoms with van der Waals surface area (Å²) in [5, 5.41) is 2.80. The van der Waals surface area contributed by atoms with E-state index >= 15 is 0 Å². The lowest BCUT2D eigenvalue weighted by Gasteiger charge is -2.23. The maximum Gasteiger partial charge on any atom is 0.238 e. The fourth-order valence-corrected chi connectivity index (χ4v) is 2.71. The van der Waals surface area contributed by atoms with Crippen molar-refractivity contribution in [3.05, 3.63) is 35.6 Å². The Bertz CT molecular complexity index is 570. The molecule has 23 heavy (non-hydrogen) atoms. The maximum atomic E-state index is 13.5. The van der Waals surface area contributed by atoms with Crippen LogP contribution in [0.15, 0.2) is 24.3 Å². The van der Waals surface area contributed by atoms with Crippen molar-refractivity contribution in [2.75, 3.05) is 20.1 Å². The van der Waals surface area contributed by atoms with Crippen molar-refractivity contribution in [2.24, 2.45) is 5.41 Å². The third kappa shape index (κ3) is 4.09. The average molecular weight is 320 g/mol. The van der Waals surface area contributed by atoms with E-state index in [1.807, 2.05) is 0 Å². The molecule has 0 radical (unpaired) electrons. The molecule has 4 nitrogen and oxygen atoms in total. The fraction of sp³-hybridized carbons (Fsp3) is 0.556. The van der Waals surface area contributed by atoms with E-state index < -0.39 is 5.41 Å². The van der Waals surface area contributed by atoms with Gasteiger partial charge < -0.3 is 10.2 Å². The summed E-state index contributed by atoms with van der Waals surface area (Å²) in [5.74, 6) is -0.574. The third-order valence-corrected chi connectivity index (χ3v) is 4.43. The summed E-state index contributed by atoms with van der Waals surface area (Å²) in [5.41, 5.74) is -0.304. The van der Waals surface area contributed by atoms with Gasteiger partial charge in [0.15, 0.2) is 0 Å². The molecule has 0 atom stereocenters. The van der Waals surface area contributed by atoms with Crippen LogP contribution in [0.1, 0.15) is 38.2 Å². The van der Waals surface area contributed by atoms with Crippen LogP contribution in [0, 0.1) is 11.2 Å². The van der Waals surface area contributed by atoms with Gasteiger partial charge in [-0.05, 0) is 37.3 Å². The number of halogens is 1. The molecule has 1 aromatic carbocycles. The summed E-state index contributed by atoms with van der Waals surface area (Å²) in [4.78, 5) is 26.5. The summed E-state index contributed by atoms with van der Waals surface area (Å²) >= 11 is 0. The van der Waals surface area contributed by atoms with Crippen LogP contribution in [-0.2, 0) is 16.0 Å². The van der Waals surface area contributed by atoms with Gasteiger partial charge in [0.2, 0.25) is 11.8 Å². The number of carbonyl (C=O) groups is 2. The first kappa shape index (κ1) is 17.4. The molecule has 1 saturated carbocycles. The molecule has 5 heteroatoms. The van der Waals surface area contributed by atoms with Gasteiger partial charge in [0, 0.05) is 20.1 Å². The Morgan fingerprint density at radius 1 is 1.30 bits per heavy atom. The molecule has 1 fully saturated rings. The van der Waals surface area contributed by atoms with E-state index in [0.717, 1.165) is 12.8 Å². The minimum absolute atomic E-state index is 0.0886. The second-order valence-corrected chi connectivity index (χ2v) is 6.26. The van der Waals surface area contributed by atoms with E-state index in [1.165, 1.54) is 6.07 Å². The first-order chi connectivity index (χ1) is 11.0. The monoisotopic (exact) mass is 320 g/mol. The van der Waals surface area contributed by atoms with E-state index in [0.29, 0.717) is 37.9 Å². The van der Waals surface area contributed by atoms with Crippen molar-refractivity contribution in [1.82, 2.24) is 10.2 Å². The van der Waals surface area contributed by atoms with Gasteiger partial charge in [0.05, 0.1) is 0 Å². The molecule has 0 heterocycles. The predicted octanol–water partition coefficient (Wildman–Crippen LogP) is 2.52. The summed E-state index contributed by atoms with van der Waals surface area (Å²) in [7, 11) is 1.75. The number of carbonyl (C=O) groups excluding carboxylic acids is 2. The topological polar surface area (TPSA) is 49.4 Å². The van der Waals surface area contributed by atoms with Gasteiger partial charge in [-0.3, -0.25) is 9.59 Å². The van der Waals surface area contributed by atoms with Crippen molar-refractivity contribution < 1.29 is 14.0 Å². The minimum atomic E-state index is -0.877. The summed E-state index contributed by atoms with van der Waals surface area (Å²) in [6, 6.07) is 6.53. The van der Waals surface area contributed by atoms with E-state index in [-0.39, 0.29) is 17.6 Å². The van der Waals surface area contributed by atoms with Crippen LogP contribution in [0.2, 0.25) is 0 Å². The summed E-state index contributed by atoms with van der Waals surface area (Å²) in [6.07, 6.45) is 3.59. The van der Waals surface area contributed by atoms with Crippen LogP contribution in [0.3, 0.4) is 0 Å². The van der Waals surface area contributed by atoms with Crippen molar-refractivity contribution >= 4 is 11.8 Å². The lowest BCUT2D eigenvalue weighted by molar-refractivity contribution is -0.143. The minimum Gasteiger partial charge on any atom is -0.355 e. The lowest BCUT2D eigenvalue weighted by Crippen LogP contribution is -2.44. The Labute approximate surface area is 137 Å². The van der Waals surface area contributed by atoms with Gasteiger partial charge in [0.25, 0.3) is 0 Å². The Morgan fingerprint density at radius 3 is 2.61 bits per heavy atom. The molecule has 1 N–H and O–H groups in total. The second kappa shape index (κ2) is 7.57. The number of hydrogen-bond acceptors (Lipinski definition) is 2. The highest BCUT2D eigenvalue weighted by Crippen LogP contribution is 2.47. The van der Waals surface area contributed by atoms with Crippen LogP contribution in [0.25, 0.3) is 0 Å². The Hall–Kier alpha value is -1.91.